The molecule has 0 amide bonds. The van der Waals surface area contributed by atoms with E-state index in [0.717, 1.165) is 70.6 Å². The van der Waals surface area contributed by atoms with E-state index in [1.165, 1.54) is 77.0 Å². The fourth-order valence-corrected chi connectivity index (χ4v) is 6.32. The lowest BCUT2D eigenvalue weighted by atomic mass is 10.0. The molecule has 0 rings (SSSR count). The topological polar surface area (TPSA) is 99.1 Å². The van der Waals surface area contributed by atoms with Gasteiger partial charge in [0.2, 0.25) is 0 Å². The minimum atomic E-state index is -0.880. The maximum atomic E-state index is 12.7. The van der Waals surface area contributed by atoms with Gasteiger partial charge in [-0.05, 0) is 51.4 Å². The Morgan fingerprint density at radius 3 is 1.51 bits per heavy atom. The highest BCUT2D eigenvalue weighted by Gasteiger charge is 2.31. The first kappa shape index (κ1) is 52.3. The summed E-state index contributed by atoms with van der Waals surface area (Å²) in [7, 11) is 5.52. The van der Waals surface area contributed by atoms with Crippen LogP contribution in [0.2, 0.25) is 0 Å². The van der Waals surface area contributed by atoms with Gasteiger partial charge in [-0.2, -0.15) is 0 Å². The second kappa shape index (κ2) is 38.2. The number of allylic oxidation sites excluding steroid dienone is 8. The molecule has 0 aromatic heterocycles. The predicted molar refractivity (Wildman–Crippen MR) is 229 cm³/mol. The standard InChI is InChI=1S/C47H83NO7/c1-6-8-10-12-14-16-18-20-22-24-25-27-29-31-33-35-37-45(49)54-42-43(41-53-40-39-44(47(51)52)48(3,4)5)55-46(50)38-36-34-32-30-28-26-23-21-19-17-15-13-11-9-7-2/h8,10,14,16,20,22,25,27,43-44H,6-7,9,11-13,15,17-19,21,23-24,26,28-42H2,1-5H3/p+1/b10-8+,16-14+,22-20+,27-25+. The number of quaternary nitrogens is 1. The number of unbranched alkanes of at least 4 members (excludes halogenated alkanes) is 17. The van der Waals surface area contributed by atoms with Gasteiger partial charge in [0.15, 0.2) is 12.1 Å². The number of ether oxygens (including phenoxy) is 3. The normalized spacial score (nSPS) is 13.4. The van der Waals surface area contributed by atoms with Crippen molar-refractivity contribution in [2.75, 3.05) is 41.0 Å². The molecule has 0 aliphatic heterocycles. The van der Waals surface area contributed by atoms with Crippen LogP contribution in [0, 0.1) is 0 Å². The molecule has 0 aliphatic carbocycles. The molecule has 0 heterocycles. The minimum absolute atomic E-state index is 0.0518. The van der Waals surface area contributed by atoms with Crippen molar-refractivity contribution in [2.45, 2.75) is 193 Å². The average molecular weight is 775 g/mol. The van der Waals surface area contributed by atoms with Crippen LogP contribution in [0.5, 0.6) is 0 Å². The van der Waals surface area contributed by atoms with E-state index in [1.807, 2.05) is 21.1 Å². The van der Waals surface area contributed by atoms with Gasteiger partial charge in [-0.15, -0.1) is 0 Å². The van der Waals surface area contributed by atoms with Crippen LogP contribution in [0.25, 0.3) is 0 Å². The molecular weight excluding hydrogens is 691 g/mol. The Kier molecular flexibility index (Phi) is 36.3. The molecule has 0 aromatic rings. The van der Waals surface area contributed by atoms with E-state index in [2.05, 4.69) is 62.5 Å². The quantitative estimate of drug-likeness (QED) is 0.0287. The number of nitrogens with zero attached hydrogens (tertiary/aromatic N) is 1. The summed E-state index contributed by atoms with van der Waals surface area (Å²) < 4.78 is 17.3. The van der Waals surface area contributed by atoms with Crippen molar-refractivity contribution in [3.05, 3.63) is 48.6 Å². The molecule has 0 bridgehead atoms. The Balaban J connectivity index is 4.39. The van der Waals surface area contributed by atoms with E-state index in [9.17, 15) is 19.5 Å². The lowest BCUT2D eigenvalue weighted by Gasteiger charge is -2.31. The molecule has 0 aromatic carbocycles. The van der Waals surface area contributed by atoms with Gasteiger partial charge in [-0.3, -0.25) is 9.59 Å². The highest BCUT2D eigenvalue weighted by molar-refractivity contribution is 5.72. The number of carboxylic acids is 1. The molecule has 0 aliphatic rings. The van der Waals surface area contributed by atoms with Crippen LogP contribution in [0.4, 0.5) is 0 Å². The van der Waals surface area contributed by atoms with Crippen LogP contribution < -0.4 is 0 Å². The van der Waals surface area contributed by atoms with Gasteiger partial charge in [0.25, 0.3) is 0 Å². The van der Waals surface area contributed by atoms with Crippen molar-refractivity contribution in [3.63, 3.8) is 0 Å². The summed E-state index contributed by atoms with van der Waals surface area (Å²) in [6.07, 6.45) is 44.4. The summed E-state index contributed by atoms with van der Waals surface area (Å²) in [5.74, 6) is -1.50. The largest absolute Gasteiger partial charge is 0.477 e. The molecule has 0 saturated carbocycles. The first-order valence-corrected chi connectivity index (χ1v) is 22.2. The van der Waals surface area contributed by atoms with E-state index in [0.29, 0.717) is 19.3 Å². The maximum Gasteiger partial charge on any atom is 0.362 e. The van der Waals surface area contributed by atoms with Crippen molar-refractivity contribution >= 4 is 17.9 Å². The molecule has 0 fully saturated rings. The van der Waals surface area contributed by atoms with E-state index in [4.69, 9.17) is 14.2 Å². The fraction of sp³-hybridized carbons (Fsp3) is 0.766. The Morgan fingerprint density at radius 2 is 1.02 bits per heavy atom. The number of carboxylic acid groups (broad SMARTS) is 1. The van der Waals surface area contributed by atoms with Crippen LogP contribution in [0.15, 0.2) is 48.6 Å². The SMILES string of the molecule is CC/C=C/C/C=C/C/C=C/C/C=C/CCCCCC(=O)OCC(COCCC(C(=O)O)[N+](C)(C)C)OC(=O)CCCCCCCCCCCCCCCCC. The van der Waals surface area contributed by atoms with Crippen molar-refractivity contribution < 1.29 is 38.2 Å². The van der Waals surface area contributed by atoms with Crippen molar-refractivity contribution in [3.8, 4) is 0 Å². The molecule has 0 saturated heterocycles. The first-order valence-electron chi connectivity index (χ1n) is 22.2. The van der Waals surface area contributed by atoms with Crippen LogP contribution in [-0.2, 0) is 28.6 Å². The highest BCUT2D eigenvalue weighted by atomic mass is 16.6. The summed E-state index contributed by atoms with van der Waals surface area (Å²) in [5, 5.41) is 9.62. The third-order valence-corrected chi connectivity index (χ3v) is 9.74. The van der Waals surface area contributed by atoms with Crippen molar-refractivity contribution in [1.82, 2.24) is 0 Å². The zero-order chi connectivity index (χ0) is 40.7. The second-order valence-electron chi connectivity index (χ2n) is 15.9. The van der Waals surface area contributed by atoms with Gasteiger partial charge < -0.3 is 23.8 Å². The van der Waals surface area contributed by atoms with Crippen LogP contribution in [0.3, 0.4) is 0 Å². The van der Waals surface area contributed by atoms with Crippen molar-refractivity contribution in [1.29, 1.82) is 0 Å². The Bertz CT molecular complexity index is 1040. The molecule has 1 N–H and O–H groups in total. The zero-order valence-electron chi connectivity index (χ0n) is 36.1. The molecule has 0 spiro atoms. The summed E-state index contributed by atoms with van der Waals surface area (Å²) >= 11 is 0. The Hall–Kier alpha value is -2.71. The fourth-order valence-electron chi connectivity index (χ4n) is 6.32. The van der Waals surface area contributed by atoms with E-state index in [1.54, 1.807) is 0 Å². The molecular formula is C47H84NO7+. The summed E-state index contributed by atoms with van der Waals surface area (Å²) in [4.78, 5) is 37.0. The number of esters is 2. The van der Waals surface area contributed by atoms with Crippen LogP contribution in [0.1, 0.15) is 181 Å². The molecule has 55 heavy (non-hydrogen) atoms. The lowest BCUT2D eigenvalue weighted by Crippen LogP contribution is -2.50. The van der Waals surface area contributed by atoms with E-state index < -0.39 is 18.1 Å². The van der Waals surface area contributed by atoms with Crippen molar-refractivity contribution in [2.24, 2.45) is 0 Å². The van der Waals surface area contributed by atoms with Gasteiger partial charge in [-0.1, -0.05) is 159 Å². The zero-order valence-corrected chi connectivity index (χ0v) is 36.1. The summed E-state index contributed by atoms with van der Waals surface area (Å²) in [5.41, 5.74) is 0. The van der Waals surface area contributed by atoms with Gasteiger partial charge in [0, 0.05) is 19.3 Å². The third-order valence-electron chi connectivity index (χ3n) is 9.74. The molecule has 8 heteroatoms. The Morgan fingerprint density at radius 1 is 0.564 bits per heavy atom. The molecule has 8 nitrogen and oxygen atoms in total. The Labute approximate surface area is 337 Å². The smallest absolute Gasteiger partial charge is 0.362 e. The summed E-state index contributed by atoms with van der Waals surface area (Å²) in [6, 6.07) is -0.619. The maximum absolute atomic E-state index is 12.7. The molecule has 0 radical (unpaired) electrons. The molecule has 318 valence electrons. The summed E-state index contributed by atoms with van der Waals surface area (Å²) in [6.45, 7) is 4.59. The van der Waals surface area contributed by atoms with E-state index in [-0.39, 0.29) is 36.2 Å². The molecule has 2 unspecified atom stereocenters. The van der Waals surface area contributed by atoms with Gasteiger partial charge >= 0.3 is 17.9 Å². The number of hydrogen-bond donors (Lipinski definition) is 1. The van der Waals surface area contributed by atoms with Crippen LogP contribution >= 0.6 is 0 Å². The minimum Gasteiger partial charge on any atom is -0.477 e. The van der Waals surface area contributed by atoms with Gasteiger partial charge in [-0.25, -0.2) is 4.79 Å². The molecule has 2 atom stereocenters. The number of carbonyl (C=O) groups excluding carboxylic acids is 2. The monoisotopic (exact) mass is 775 g/mol. The lowest BCUT2D eigenvalue weighted by molar-refractivity contribution is -0.887. The number of hydrogen-bond acceptors (Lipinski definition) is 6. The third kappa shape index (κ3) is 36.7. The van der Waals surface area contributed by atoms with Crippen LogP contribution in [-0.4, -0.2) is 80.6 Å². The number of aliphatic carboxylic acids is 1. The predicted octanol–water partition coefficient (Wildman–Crippen LogP) is 12.0. The van der Waals surface area contributed by atoms with E-state index >= 15 is 0 Å². The first-order chi connectivity index (χ1) is 26.6. The van der Waals surface area contributed by atoms with Gasteiger partial charge in [0.1, 0.15) is 6.61 Å². The highest BCUT2D eigenvalue weighted by Crippen LogP contribution is 2.15. The number of carbonyl (C=O) groups is 3. The van der Waals surface area contributed by atoms with Gasteiger partial charge in [0.05, 0.1) is 34.4 Å². The number of likely N-dealkylation sites (N-methyl/N-ethyl adjacent to an activating group) is 1. The number of rotatable bonds is 39. The average Bonchev–Trinajstić information content (AvgIpc) is 3.14. The second-order valence-corrected chi connectivity index (χ2v) is 15.9.